The van der Waals surface area contributed by atoms with E-state index in [0.717, 1.165) is 42.0 Å². The van der Waals surface area contributed by atoms with Gasteiger partial charge in [-0.25, -0.2) is 0 Å². The van der Waals surface area contributed by atoms with E-state index in [0.29, 0.717) is 51.4 Å². The number of piperazine rings is 1. The molecule has 1 heterocycles. The van der Waals surface area contributed by atoms with Gasteiger partial charge in [-0.1, -0.05) is 66.7 Å². The molecule has 4 aromatic carbocycles. The van der Waals surface area contributed by atoms with Gasteiger partial charge < -0.3 is 29.4 Å². The van der Waals surface area contributed by atoms with Crippen LogP contribution in [0.2, 0.25) is 0 Å². The molecule has 1 saturated heterocycles. The molecule has 0 bridgehead atoms. The molecule has 9 nitrogen and oxygen atoms in total. The monoisotopic (exact) mass is 810 g/mol. The van der Waals surface area contributed by atoms with Crippen LogP contribution in [0, 0.1) is 0 Å². The van der Waals surface area contributed by atoms with E-state index in [1.54, 1.807) is 23.8 Å². The van der Waals surface area contributed by atoms with Crippen molar-refractivity contribution in [1.29, 1.82) is 0 Å². The van der Waals surface area contributed by atoms with Crippen molar-refractivity contribution >= 4 is 35.2 Å². The fourth-order valence-electron chi connectivity index (χ4n) is 7.32. The number of carbonyl (C=O) groups excluding carboxylic acids is 3. The highest BCUT2D eigenvalue weighted by atomic mass is 19.4. The van der Waals surface area contributed by atoms with Gasteiger partial charge >= 0.3 is 6.18 Å². The van der Waals surface area contributed by atoms with Gasteiger partial charge in [0.1, 0.15) is 6.04 Å². The molecule has 1 atom stereocenters. The van der Waals surface area contributed by atoms with Crippen LogP contribution in [-0.2, 0) is 40.1 Å². The predicted molar refractivity (Wildman–Crippen MR) is 230 cm³/mol. The number of anilines is 2. The van der Waals surface area contributed by atoms with Crippen LogP contribution in [0.1, 0.15) is 48.6 Å². The molecule has 1 aliphatic heterocycles. The van der Waals surface area contributed by atoms with Crippen LogP contribution in [0.4, 0.5) is 24.5 Å². The van der Waals surface area contributed by atoms with Gasteiger partial charge in [0.15, 0.2) is 0 Å². The molecule has 5 rings (SSSR count). The maximum Gasteiger partial charge on any atom is 0.416 e. The van der Waals surface area contributed by atoms with Crippen molar-refractivity contribution in [2.45, 2.75) is 52.5 Å². The third kappa shape index (κ3) is 12.7. The average molecular weight is 811 g/mol. The Morgan fingerprint density at radius 2 is 1.32 bits per heavy atom. The standard InChI is InChI=1S/C47H57F3N6O3/c1-6-53(7-2)42-22-15-39(16-23-42)34-51(4)27-28-52(5)46(59)44(33-38-11-9-8-10-12-38)56(45(58)26-19-37-13-20-41(21-14-37)47(48,49)50)35-40-17-24-43(25-18-40)55-31-29-54(30-32-55)36(3)57/h8-26,44H,6-7,27-35H2,1-5H3. The van der Waals surface area contributed by atoms with Crippen molar-refractivity contribution < 1.29 is 27.6 Å². The van der Waals surface area contributed by atoms with Crippen LogP contribution >= 0.6 is 0 Å². The fraction of sp³-hybridized carbons (Fsp3) is 0.383. The summed E-state index contributed by atoms with van der Waals surface area (Å²) in [6, 6.07) is 29.7. The lowest BCUT2D eigenvalue weighted by molar-refractivity contribution is -0.143. The Bertz CT molecular complexity index is 1980. The quantitative estimate of drug-likeness (QED) is 0.103. The van der Waals surface area contributed by atoms with Gasteiger partial charge in [0.05, 0.1) is 5.56 Å². The Hall–Kier alpha value is -5.62. The molecule has 0 aromatic heterocycles. The minimum atomic E-state index is -4.48. The van der Waals surface area contributed by atoms with Crippen molar-refractivity contribution in [3.8, 4) is 0 Å². The first-order chi connectivity index (χ1) is 28.2. The molecular weight excluding hydrogens is 754 g/mol. The minimum absolute atomic E-state index is 0.0612. The summed E-state index contributed by atoms with van der Waals surface area (Å²) in [7, 11) is 3.78. The zero-order valence-electron chi connectivity index (χ0n) is 34.9. The van der Waals surface area contributed by atoms with Crippen molar-refractivity contribution in [2.24, 2.45) is 0 Å². The van der Waals surface area contributed by atoms with Crippen LogP contribution in [0.25, 0.3) is 6.08 Å². The van der Waals surface area contributed by atoms with E-state index in [1.807, 2.05) is 66.5 Å². The second-order valence-corrected chi connectivity index (χ2v) is 15.1. The van der Waals surface area contributed by atoms with Crippen molar-refractivity contribution in [3.63, 3.8) is 0 Å². The third-order valence-electron chi connectivity index (χ3n) is 11.0. The van der Waals surface area contributed by atoms with Crippen molar-refractivity contribution in [1.82, 2.24) is 19.6 Å². The molecule has 1 unspecified atom stereocenters. The van der Waals surface area contributed by atoms with Gasteiger partial charge in [-0.2, -0.15) is 13.2 Å². The Balaban J connectivity index is 1.37. The Morgan fingerprint density at radius 1 is 0.729 bits per heavy atom. The minimum Gasteiger partial charge on any atom is -0.372 e. The van der Waals surface area contributed by atoms with Crippen LogP contribution in [0.5, 0.6) is 0 Å². The second kappa shape index (κ2) is 20.9. The highest BCUT2D eigenvalue weighted by Gasteiger charge is 2.32. The van der Waals surface area contributed by atoms with E-state index in [4.69, 9.17) is 0 Å². The van der Waals surface area contributed by atoms with E-state index in [1.165, 1.54) is 35.5 Å². The van der Waals surface area contributed by atoms with Crippen LogP contribution < -0.4 is 9.80 Å². The Labute approximate surface area is 347 Å². The summed E-state index contributed by atoms with van der Waals surface area (Å²) in [4.78, 5) is 52.5. The van der Waals surface area contributed by atoms with Gasteiger partial charge in [-0.05, 0) is 85.6 Å². The molecule has 314 valence electrons. The average Bonchev–Trinajstić information content (AvgIpc) is 3.24. The van der Waals surface area contributed by atoms with Gasteiger partial charge in [-0.15, -0.1) is 0 Å². The summed E-state index contributed by atoms with van der Waals surface area (Å²) >= 11 is 0. The van der Waals surface area contributed by atoms with Crippen LogP contribution in [0.15, 0.2) is 109 Å². The van der Waals surface area contributed by atoms with E-state index in [2.05, 4.69) is 52.8 Å². The second-order valence-electron chi connectivity index (χ2n) is 15.1. The number of nitrogens with zero attached hydrogens (tertiary/aromatic N) is 6. The number of benzene rings is 4. The topological polar surface area (TPSA) is 70.7 Å². The smallest absolute Gasteiger partial charge is 0.372 e. The number of alkyl halides is 3. The first-order valence-corrected chi connectivity index (χ1v) is 20.3. The van der Waals surface area contributed by atoms with Gasteiger partial charge in [0.25, 0.3) is 0 Å². The normalized spacial score (nSPS) is 13.8. The lowest BCUT2D eigenvalue weighted by Gasteiger charge is -2.36. The van der Waals surface area contributed by atoms with E-state index in [9.17, 15) is 27.6 Å². The maximum absolute atomic E-state index is 14.6. The van der Waals surface area contributed by atoms with Crippen LogP contribution in [0.3, 0.4) is 0 Å². The zero-order chi connectivity index (χ0) is 42.5. The fourth-order valence-corrected chi connectivity index (χ4v) is 7.32. The van der Waals surface area contributed by atoms with Gasteiger partial charge in [0, 0.05) is 103 Å². The first kappa shape index (κ1) is 44.5. The molecule has 12 heteroatoms. The molecular formula is C47H57F3N6O3. The summed E-state index contributed by atoms with van der Waals surface area (Å²) in [6.07, 6.45) is -1.40. The molecule has 3 amide bonds. The van der Waals surface area contributed by atoms with Crippen LogP contribution in [-0.4, -0.2) is 110 Å². The zero-order valence-corrected chi connectivity index (χ0v) is 34.9. The number of hydrogen-bond acceptors (Lipinski definition) is 6. The molecule has 0 radical (unpaired) electrons. The highest BCUT2D eigenvalue weighted by Crippen LogP contribution is 2.29. The van der Waals surface area contributed by atoms with Crippen molar-refractivity contribution in [3.05, 3.63) is 137 Å². The molecule has 4 aromatic rings. The lowest BCUT2D eigenvalue weighted by atomic mass is 10.0. The number of halogens is 3. The molecule has 1 aliphatic rings. The first-order valence-electron chi connectivity index (χ1n) is 20.3. The number of likely N-dealkylation sites (N-methyl/N-ethyl adjacent to an activating group) is 2. The lowest BCUT2D eigenvalue weighted by Crippen LogP contribution is -2.51. The summed E-state index contributed by atoms with van der Waals surface area (Å²) in [5.41, 5.74) is 4.70. The SMILES string of the molecule is CCN(CC)c1ccc(CN(C)CCN(C)C(=O)C(Cc2ccccc2)N(Cc2ccc(N3CCN(C(C)=O)CC3)cc2)C(=O)C=Cc2ccc(C(F)(F)F)cc2)cc1. The van der Waals surface area contributed by atoms with Gasteiger partial charge in [0.2, 0.25) is 17.7 Å². The van der Waals surface area contributed by atoms with E-state index in [-0.39, 0.29) is 24.8 Å². The maximum atomic E-state index is 14.6. The molecule has 59 heavy (non-hydrogen) atoms. The number of amides is 3. The van der Waals surface area contributed by atoms with E-state index >= 15 is 0 Å². The summed E-state index contributed by atoms with van der Waals surface area (Å²) in [5.74, 6) is -0.601. The largest absolute Gasteiger partial charge is 0.416 e. The predicted octanol–water partition coefficient (Wildman–Crippen LogP) is 7.46. The molecule has 1 fully saturated rings. The summed E-state index contributed by atoms with van der Waals surface area (Å²) < 4.78 is 39.8. The number of rotatable bonds is 17. The molecule has 0 spiro atoms. The number of hydrogen-bond donors (Lipinski definition) is 0. The third-order valence-corrected chi connectivity index (χ3v) is 11.0. The molecule has 0 N–H and O–H groups in total. The number of carbonyl (C=O) groups is 3. The Kier molecular flexibility index (Phi) is 15.7. The highest BCUT2D eigenvalue weighted by molar-refractivity contribution is 5.95. The van der Waals surface area contributed by atoms with E-state index < -0.39 is 23.7 Å². The summed E-state index contributed by atoms with van der Waals surface area (Å²) in [5, 5.41) is 0. The molecule has 0 saturated carbocycles. The Morgan fingerprint density at radius 3 is 1.90 bits per heavy atom. The molecule has 0 aliphatic carbocycles. The summed E-state index contributed by atoms with van der Waals surface area (Å²) in [6.45, 7) is 12.3. The van der Waals surface area contributed by atoms with Gasteiger partial charge in [-0.3, -0.25) is 14.4 Å². The van der Waals surface area contributed by atoms with Crippen molar-refractivity contribution in [2.75, 3.05) is 76.3 Å².